The average Bonchev–Trinajstić information content (AvgIpc) is 2.17. The van der Waals surface area contributed by atoms with Crippen molar-refractivity contribution in [2.24, 2.45) is 0 Å². The van der Waals surface area contributed by atoms with Gasteiger partial charge in [-0.25, -0.2) is 4.39 Å². The topological polar surface area (TPSA) is 69.2 Å². The normalized spacial score (nSPS) is 12.2. The largest absolute Gasteiger partial charge is 0.768 e. The average molecular weight is 216 g/mol. The maximum atomic E-state index is 12.9. The Hall–Kier alpha value is -1.27. The van der Waals surface area contributed by atoms with Crippen LogP contribution in [0.5, 0.6) is 0 Å². The number of halogens is 1. The number of nitrogens with one attached hydrogen (secondary N) is 1. The molecule has 0 heterocycles. The molecule has 6 heteroatoms. The Morgan fingerprint density at radius 1 is 1.57 bits per heavy atom. The number of rotatable bonds is 2. The van der Waals surface area contributed by atoms with Crippen molar-refractivity contribution in [2.75, 3.05) is 7.05 Å². The van der Waals surface area contributed by atoms with E-state index < -0.39 is 27.7 Å². The zero-order chi connectivity index (χ0) is 10.7. The monoisotopic (exact) mass is 216 g/mol. The lowest BCUT2D eigenvalue weighted by Gasteiger charge is -2.07. The van der Waals surface area contributed by atoms with Crippen molar-refractivity contribution < 1.29 is 17.9 Å². The Morgan fingerprint density at radius 2 is 2.21 bits per heavy atom. The van der Waals surface area contributed by atoms with E-state index in [0.717, 1.165) is 12.1 Å². The van der Waals surface area contributed by atoms with Crippen LogP contribution in [0, 0.1) is 5.82 Å². The predicted octanol–water partition coefficient (Wildman–Crippen LogP) is 0.423. The van der Waals surface area contributed by atoms with Crippen LogP contribution in [0.15, 0.2) is 23.1 Å². The Kier molecular flexibility index (Phi) is 3.32. The summed E-state index contributed by atoms with van der Waals surface area (Å²) < 4.78 is 33.9. The molecule has 1 atom stereocenters. The van der Waals surface area contributed by atoms with Gasteiger partial charge in [0.15, 0.2) is 0 Å². The van der Waals surface area contributed by atoms with Crippen molar-refractivity contribution in [3.8, 4) is 0 Å². The molecule has 1 unspecified atom stereocenters. The van der Waals surface area contributed by atoms with Gasteiger partial charge in [-0.2, -0.15) is 0 Å². The van der Waals surface area contributed by atoms with E-state index in [1.807, 2.05) is 0 Å². The minimum atomic E-state index is -2.67. The van der Waals surface area contributed by atoms with Crippen LogP contribution in [0.4, 0.5) is 4.39 Å². The van der Waals surface area contributed by atoms with Gasteiger partial charge >= 0.3 is 0 Å². The molecule has 76 valence electrons. The summed E-state index contributed by atoms with van der Waals surface area (Å²) in [5.41, 5.74) is 0.105. The maximum Gasteiger partial charge on any atom is 0.251 e. The fourth-order valence-electron chi connectivity index (χ4n) is 0.917. The second-order valence-corrected chi connectivity index (χ2v) is 3.37. The number of carbonyl (C=O) groups is 1. The zero-order valence-electron chi connectivity index (χ0n) is 7.24. The Bertz CT molecular complexity index is 394. The quantitative estimate of drug-likeness (QED) is 0.728. The number of benzene rings is 1. The number of carbonyl (C=O) groups excluding carboxylic acids is 1. The highest BCUT2D eigenvalue weighted by molar-refractivity contribution is 7.79. The third-order valence-electron chi connectivity index (χ3n) is 1.60. The Morgan fingerprint density at radius 3 is 2.71 bits per heavy atom. The molecule has 1 aromatic rings. The molecule has 0 aromatic heterocycles. The minimum absolute atomic E-state index is 0.105. The molecule has 0 saturated heterocycles. The van der Waals surface area contributed by atoms with E-state index in [1.54, 1.807) is 0 Å². The van der Waals surface area contributed by atoms with Crippen molar-refractivity contribution in [3.05, 3.63) is 29.6 Å². The van der Waals surface area contributed by atoms with Crippen LogP contribution in [0.25, 0.3) is 0 Å². The van der Waals surface area contributed by atoms with Gasteiger partial charge < -0.3 is 9.87 Å². The number of amides is 1. The maximum absolute atomic E-state index is 12.9. The van der Waals surface area contributed by atoms with E-state index in [0.29, 0.717) is 0 Å². The SMILES string of the molecule is CNC(=O)c1ccc(F)c(S(=O)[O-])c1. The van der Waals surface area contributed by atoms with Crippen molar-refractivity contribution in [1.82, 2.24) is 5.32 Å². The number of hydrogen-bond acceptors (Lipinski definition) is 3. The summed E-state index contributed by atoms with van der Waals surface area (Å²) in [7, 11) is 1.40. The molecule has 0 bridgehead atoms. The molecular weight excluding hydrogens is 209 g/mol. The molecule has 0 spiro atoms. The van der Waals surface area contributed by atoms with Crippen LogP contribution in [0.2, 0.25) is 0 Å². The van der Waals surface area contributed by atoms with Crippen molar-refractivity contribution in [2.45, 2.75) is 4.90 Å². The first kappa shape index (κ1) is 10.8. The van der Waals surface area contributed by atoms with Gasteiger partial charge in [-0.05, 0) is 29.3 Å². The summed E-state index contributed by atoms with van der Waals surface area (Å²) in [6.07, 6.45) is 0. The third-order valence-corrected chi connectivity index (χ3v) is 2.27. The summed E-state index contributed by atoms with van der Waals surface area (Å²) >= 11 is -2.67. The van der Waals surface area contributed by atoms with Crippen LogP contribution in [0.3, 0.4) is 0 Å². The Balaban J connectivity index is 3.19. The van der Waals surface area contributed by atoms with Crippen LogP contribution in [-0.4, -0.2) is 21.7 Å². The highest BCUT2D eigenvalue weighted by Crippen LogP contribution is 2.13. The molecule has 0 aliphatic heterocycles. The van der Waals surface area contributed by atoms with Gasteiger partial charge in [-0.15, -0.1) is 0 Å². The van der Waals surface area contributed by atoms with Gasteiger partial charge in [0, 0.05) is 12.6 Å². The fourth-order valence-corrected chi connectivity index (χ4v) is 1.37. The molecule has 1 amide bonds. The number of hydrogen-bond donors (Lipinski definition) is 1. The lowest BCUT2D eigenvalue weighted by Crippen LogP contribution is -2.18. The van der Waals surface area contributed by atoms with Crippen LogP contribution < -0.4 is 5.32 Å². The summed E-state index contributed by atoms with van der Waals surface area (Å²) in [5, 5.41) is 2.30. The molecule has 1 aromatic carbocycles. The van der Waals surface area contributed by atoms with Gasteiger partial charge in [-0.1, -0.05) is 0 Å². The van der Waals surface area contributed by atoms with Gasteiger partial charge in [0.2, 0.25) is 0 Å². The van der Waals surface area contributed by atoms with E-state index >= 15 is 0 Å². The van der Waals surface area contributed by atoms with E-state index in [2.05, 4.69) is 5.32 Å². The van der Waals surface area contributed by atoms with Gasteiger partial charge in [0.1, 0.15) is 5.82 Å². The molecule has 0 aliphatic carbocycles. The first-order valence-electron chi connectivity index (χ1n) is 3.67. The van der Waals surface area contributed by atoms with E-state index in [4.69, 9.17) is 0 Å². The van der Waals surface area contributed by atoms with Crippen molar-refractivity contribution in [3.63, 3.8) is 0 Å². The molecule has 1 N–H and O–H groups in total. The van der Waals surface area contributed by atoms with Gasteiger partial charge in [-0.3, -0.25) is 9.00 Å². The summed E-state index contributed by atoms with van der Waals surface area (Å²) in [6, 6.07) is 3.14. The third kappa shape index (κ3) is 2.15. The zero-order valence-corrected chi connectivity index (χ0v) is 8.06. The molecule has 0 saturated carbocycles. The van der Waals surface area contributed by atoms with E-state index in [1.165, 1.54) is 13.1 Å². The summed E-state index contributed by atoms with van der Waals surface area (Å²) in [4.78, 5) is 10.6. The summed E-state index contributed by atoms with van der Waals surface area (Å²) in [6.45, 7) is 0. The van der Waals surface area contributed by atoms with Crippen molar-refractivity contribution >= 4 is 17.0 Å². The van der Waals surface area contributed by atoms with Crippen molar-refractivity contribution in [1.29, 1.82) is 0 Å². The molecule has 0 fully saturated rings. The lowest BCUT2D eigenvalue weighted by molar-refractivity contribution is 0.0963. The summed E-state index contributed by atoms with van der Waals surface area (Å²) in [5.74, 6) is -1.33. The van der Waals surface area contributed by atoms with Crippen LogP contribution in [-0.2, 0) is 11.1 Å². The molecule has 0 aliphatic rings. The molecule has 14 heavy (non-hydrogen) atoms. The van der Waals surface area contributed by atoms with Crippen LogP contribution in [0.1, 0.15) is 10.4 Å². The minimum Gasteiger partial charge on any atom is -0.768 e. The molecular formula is C8H7FNO3S-. The predicted molar refractivity (Wildman–Crippen MR) is 47.0 cm³/mol. The highest BCUT2D eigenvalue weighted by Gasteiger charge is 2.08. The second-order valence-electron chi connectivity index (χ2n) is 2.46. The first-order valence-corrected chi connectivity index (χ1v) is 4.74. The highest BCUT2D eigenvalue weighted by atomic mass is 32.2. The van der Waals surface area contributed by atoms with E-state index in [-0.39, 0.29) is 5.56 Å². The molecule has 4 nitrogen and oxygen atoms in total. The van der Waals surface area contributed by atoms with Gasteiger partial charge in [0.25, 0.3) is 5.91 Å². The lowest BCUT2D eigenvalue weighted by atomic mass is 10.2. The fraction of sp³-hybridized carbons (Fsp3) is 0.125. The van der Waals surface area contributed by atoms with E-state index in [9.17, 15) is 17.9 Å². The van der Waals surface area contributed by atoms with Gasteiger partial charge in [0.05, 0.1) is 4.90 Å². The molecule has 0 radical (unpaired) electrons. The second kappa shape index (κ2) is 4.30. The molecule has 1 rings (SSSR count). The first-order chi connectivity index (χ1) is 6.56. The smallest absolute Gasteiger partial charge is 0.251 e. The Labute approximate surface area is 82.4 Å². The standard InChI is InChI=1S/C8H8FNO3S/c1-10-8(11)5-2-3-6(9)7(4-5)14(12)13/h2-4H,1H3,(H,10,11)(H,12,13)/p-1. The van der Waals surface area contributed by atoms with Crippen LogP contribution >= 0.6 is 0 Å².